The van der Waals surface area contributed by atoms with Crippen molar-refractivity contribution in [2.45, 2.75) is 13.5 Å². The van der Waals surface area contributed by atoms with Crippen LogP contribution < -0.4 is 4.90 Å². The molecule has 0 bridgehead atoms. The molecule has 0 atom stereocenters. The second-order valence-electron chi connectivity index (χ2n) is 6.09. The fraction of sp³-hybridized carbons (Fsp3) is 0.300. The lowest BCUT2D eigenvalue weighted by Gasteiger charge is -2.33. The van der Waals surface area contributed by atoms with Crippen LogP contribution in [0.4, 0.5) is 16.2 Å². The lowest BCUT2D eigenvalue weighted by Crippen LogP contribution is -2.48. The molecule has 0 aromatic heterocycles. The molecule has 1 saturated heterocycles. The number of carbonyl (C=O) groups excluding carboxylic acids is 1. The summed E-state index contributed by atoms with van der Waals surface area (Å²) in [7, 11) is 0. The summed E-state index contributed by atoms with van der Waals surface area (Å²) in [6.45, 7) is 11.9. The van der Waals surface area contributed by atoms with Gasteiger partial charge in [0.2, 0.25) is 0 Å². The summed E-state index contributed by atoms with van der Waals surface area (Å²) in [5.74, 6) is 0. The van der Waals surface area contributed by atoms with E-state index in [0.29, 0.717) is 38.5 Å². The Hall–Kier alpha value is -2.84. The van der Waals surface area contributed by atoms with Gasteiger partial charge in [0.15, 0.2) is 5.69 Å². The number of carbonyl (C=O) groups is 1. The summed E-state index contributed by atoms with van der Waals surface area (Å²) < 4.78 is 5.36. The van der Waals surface area contributed by atoms with Crippen molar-refractivity contribution in [2.75, 3.05) is 31.2 Å². The van der Waals surface area contributed by atoms with E-state index in [0.717, 1.165) is 16.8 Å². The minimum atomic E-state index is -0.0110. The summed E-state index contributed by atoms with van der Waals surface area (Å²) >= 11 is 0. The normalized spacial score (nSPS) is 14.0. The molecule has 5 heteroatoms. The molecule has 0 spiro atoms. The highest BCUT2D eigenvalue weighted by Crippen LogP contribution is 2.22. The van der Waals surface area contributed by atoms with E-state index in [1.54, 1.807) is 17.0 Å². The van der Waals surface area contributed by atoms with Crippen LogP contribution in [0, 0.1) is 13.5 Å². The molecule has 2 amide bonds. The molecular formula is C20H21N3O2. The van der Waals surface area contributed by atoms with Crippen LogP contribution in [0.3, 0.4) is 0 Å². The van der Waals surface area contributed by atoms with E-state index in [9.17, 15) is 4.79 Å². The quantitative estimate of drug-likeness (QED) is 0.795. The molecule has 1 aliphatic rings. The highest BCUT2D eigenvalue weighted by atomic mass is 16.5. The van der Waals surface area contributed by atoms with Crippen LogP contribution in [-0.4, -0.2) is 37.2 Å². The number of ether oxygens (including phenoxy) is 1. The van der Waals surface area contributed by atoms with Gasteiger partial charge in [-0.1, -0.05) is 36.4 Å². The number of hydrogen-bond donors (Lipinski definition) is 0. The smallest absolute Gasteiger partial charge is 0.324 e. The minimum Gasteiger partial charge on any atom is -0.378 e. The van der Waals surface area contributed by atoms with E-state index in [2.05, 4.69) is 4.85 Å². The predicted molar refractivity (Wildman–Crippen MR) is 97.9 cm³/mol. The van der Waals surface area contributed by atoms with Gasteiger partial charge in [0, 0.05) is 18.8 Å². The van der Waals surface area contributed by atoms with Crippen LogP contribution >= 0.6 is 0 Å². The maximum absolute atomic E-state index is 13.1. The number of morpholine rings is 1. The van der Waals surface area contributed by atoms with E-state index in [1.807, 2.05) is 48.2 Å². The van der Waals surface area contributed by atoms with Crippen molar-refractivity contribution in [3.8, 4) is 0 Å². The maximum atomic E-state index is 13.1. The van der Waals surface area contributed by atoms with Gasteiger partial charge < -0.3 is 9.64 Å². The standard InChI is InChI=1S/C20H21N3O2/c1-16-4-3-5-19(14-16)23(20(24)22-10-12-25-13-11-22)15-17-6-8-18(21-2)9-7-17/h3-9,14H,10-13,15H2,1H3. The van der Waals surface area contributed by atoms with Crippen molar-refractivity contribution in [3.63, 3.8) is 0 Å². The monoisotopic (exact) mass is 335 g/mol. The third-order valence-corrected chi connectivity index (χ3v) is 4.23. The summed E-state index contributed by atoms with van der Waals surface area (Å²) in [5.41, 5.74) is 3.59. The molecule has 0 aliphatic carbocycles. The molecule has 1 heterocycles. The molecule has 0 saturated carbocycles. The van der Waals surface area contributed by atoms with Gasteiger partial charge in [-0.05, 0) is 30.2 Å². The summed E-state index contributed by atoms with van der Waals surface area (Å²) in [5, 5.41) is 0. The van der Waals surface area contributed by atoms with Gasteiger partial charge in [0.25, 0.3) is 0 Å². The Morgan fingerprint density at radius 2 is 1.92 bits per heavy atom. The molecule has 0 N–H and O–H groups in total. The van der Waals surface area contributed by atoms with Gasteiger partial charge >= 0.3 is 6.03 Å². The van der Waals surface area contributed by atoms with Crippen LogP contribution in [0.2, 0.25) is 0 Å². The number of nitrogens with zero attached hydrogens (tertiary/aromatic N) is 3. The molecule has 1 fully saturated rings. The highest BCUT2D eigenvalue weighted by Gasteiger charge is 2.24. The molecule has 128 valence electrons. The number of amides is 2. The van der Waals surface area contributed by atoms with E-state index in [1.165, 1.54) is 0 Å². The Morgan fingerprint density at radius 1 is 1.20 bits per heavy atom. The maximum Gasteiger partial charge on any atom is 0.324 e. The minimum absolute atomic E-state index is 0.0110. The molecule has 25 heavy (non-hydrogen) atoms. The number of benzene rings is 2. The van der Waals surface area contributed by atoms with E-state index >= 15 is 0 Å². The third kappa shape index (κ3) is 4.17. The molecule has 3 rings (SSSR count). The SMILES string of the molecule is [C-]#[N+]c1ccc(CN(C(=O)N2CCOCC2)c2cccc(C)c2)cc1. The van der Waals surface area contributed by atoms with Crippen LogP contribution in [0.1, 0.15) is 11.1 Å². The van der Waals surface area contributed by atoms with Crippen LogP contribution in [-0.2, 0) is 11.3 Å². The van der Waals surface area contributed by atoms with Crippen molar-refractivity contribution in [3.05, 3.63) is 71.1 Å². The molecule has 2 aromatic carbocycles. The van der Waals surface area contributed by atoms with Gasteiger partial charge in [-0.25, -0.2) is 9.64 Å². The summed E-state index contributed by atoms with van der Waals surface area (Å²) in [6.07, 6.45) is 0. The highest BCUT2D eigenvalue weighted by molar-refractivity contribution is 5.92. The number of anilines is 1. The zero-order valence-electron chi connectivity index (χ0n) is 14.3. The zero-order valence-corrected chi connectivity index (χ0v) is 14.3. The van der Waals surface area contributed by atoms with Crippen LogP contribution in [0.25, 0.3) is 4.85 Å². The molecule has 0 radical (unpaired) electrons. The van der Waals surface area contributed by atoms with Crippen molar-refractivity contribution >= 4 is 17.4 Å². The number of urea groups is 1. The Morgan fingerprint density at radius 3 is 2.56 bits per heavy atom. The Labute approximate surface area is 148 Å². The summed E-state index contributed by atoms with van der Waals surface area (Å²) in [4.78, 5) is 20.1. The van der Waals surface area contributed by atoms with E-state index in [4.69, 9.17) is 11.3 Å². The first-order valence-corrected chi connectivity index (χ1v) is 8.34. The van der Waals surface area contributed by atoms with Gasteiger partial charge in [-0.15, -0.1) is 0 Å². The fourth-order valence-corrected chi connectivity index (χ4v) is 2.85. The Kier molecular flexibility index (Phi) is 5.32. The van der Waals surface area contributed by atoms with Crippen molar-refractivity contribution in [1.29, 1.82) is 0 Å². The molecule has 1 aliphatic heterocycles. The van der Waals surface area contributed by atoms with Crippen molar-refractivity contribution in [1.82, 2.24) is 4.90 Å². The van der Waals surface area contributed by atoms with E-state index < -0.39 is 0 Å². The first-order valence-electron chi connectivity index (χ1n) is 8.34. The number of rotatable bonds is 3. The lowest BCUT2D eigenvalue weighted by atomic mass is 10.1. The largest absolute Gasteiger partial charge is 0.378 e. The number of hydrogen-bond acceptors (Lipinski definition) is 2. The van der Waals surface area contributed by atoms with Crippen LogP contribution in [0.15, 0.2) is 48.5 Å². The second-order valence-corrected chi connectivity index (χ2v) is 6.09. The first-order chi connectivity index (χ1) is 12.2. The average molecular weight is 335 g/mol. The van der Waals surface area contributed by atoms with Gasteiger partial charge in [-0.2, -0.15) is 0 Å². The second kappa shape index (κ2) is 7.82. The lowest BCUT2D eigenvalue weighted by molar-refractivity contribution is 0.0548. The molecule has 2 aromatic rings. The van der Waals surface area contributed by atoms with E-state index in [-0.39, 0.29) is 6.03 Å². The fourth-order valence-electron chi connectivity index (χ4n) is 2.85. The Balaban J connectivity index is 1.87. The van der Waals surface area contributed by atoms with Gasteiger partial charge in [-0.3, -0.25) is 4.90 Å². The number of aryl methyl sites for hydroxylation is 1. The summed E-state index contributed by atoms with van der Waals surface area (Å²) in [6, 6.07) is 15.3. The van der Waals surface area contributed by atoms with Crippen molar-refractivity contribution < 1.29 is 9.53 Å². The predicted octanol–water partition coefficient (Wildman–Crippen LogP) is 4.00. The zero-order chi connectivity index (χ0) is 17.6. The van der Waals surface area contributed by atoms with Crippen molar-refractivity contribution in [2.24, 2.45) is 0 Å². The topological polar surface area (TPSA) is 37.1 Å². The van der Waals surface area contributed by atoms with Gasteiger partial charge in [0.05, 0.1) is 26.3 Å². The first kappa shape index (κ1) is 17.0. The average Bonchev–Trinajstić information content (AvgIpc) is 2.67. The van der Waals surface area contributed by atoms with Crippen LogP contribution in [0.5, 0.6) is 0 Å². The molecule has 0 unspecified atom stereocenters. The Bertz CT molecular complexity index is 774. The van der Waals surface area contributed by atoms with Gasteiger partial charge in [0.1, 0.15) is 0 Å². The molecule has 5 nitrogen and oxygen atoms in total. The molecular weight excluding hydrogens is 314 g/mol. The third-order valence-electron chi connectivity index (χ3n) is 4.23.